The first-order valence-corrected chi connectivity index (χ1v) is 9.66. The van der Waals surface area contributed by atoms with Crippen molar-refractivity contribution in [1.29, 1.82) is 0 Å². The van der Waals surface area contributed by atoms with Crippen LogP contribution in [0.2, 0.25) is 5.02 Å². The van der Waals surface area contributed by atoms with Gasteiger partial charge in [-0.05, 0) is 43.9 Å². The van der Waals surface area contributed by atoms with Crippen LogP contribution in [0.5, 0.6) is 0 Å². The Balaban J connectivity index is 1.46. The molecule has 0 saturated carbocycles. The molecule has 2 saturated heterocycles. The number of anilines is 2. The molecule has 9 nitrogen and oxygen atoms in total. The van der Waals surface area contributed by atoms with E-state index in [1.807, 2.05) is 12.1 Å². The minimum absolute atomic E-state index is 0.188. The number of primary amides is 1. The zero-order chi connectivity index (χ0) is 19.7. The van der Waals surface area contributed by atoms with Crippen LogP contribution in [0.3, 0.4) is 0 Å². The Morgan fingerprint density at radius 3 is 2.68 bits per heavy atom. The third kappa shape index (κ3) is 3.62. The number of halogens is 1. The second-order valence-corrected chi connectivity index (χ2v) is 7.37. The second-order valence-electron chi connectivity index (χ2n) is 6.96. The molecule has 1 aromatic heterocycles. The van der Waals surface area contributed by atoms with E-state index in [4.69, 9.17) is 21.9 Å². The number of rotatable bonds is 4. The zero-order valence-electron chi connectivity index (χ0n) is 15.2. The van der Waals surface area contributed by atoms with Crippen molar-refractivity contribution in [2.75, 3.05) is 29.9 Å². The van der Waals surface area contributed by atoms with E-state index in [2.05, 4.69) is 20.4 Å². The molecule has 2 aliphatic rings. The first-order valence-electron chi connectivity index (χ1n) is 9.28. The topological polar surface area (TPSA) is 118 Å². The molecule has 0 bridgehead atoms. The fourth-order valence-corrected chi connectivity index (χ4v) is 4.03. The first-order chi connectivity index (χ1) is 13.5. The minimum atomic E-state index is -0.767. The van der Waals surface area contributed by atoms with E-state index < -0.39 is 5.91 Å². The van der Waals surface area contributed by atoms with Crippen LogP contribution in [0.25, 0.3) is 0 Å². The Morgan fingerprint density at radius 2 is 2.00 bits per heavy atom. The lowest BCUT2D eigenvalue weighted by Crippen LogP contribution is -2.34. The summed E-state index contributed by atoms with van der Waals surface area (Å²) in [5.74, 6) is -0.743. The van der Waals surface area contributed by atoms with Crippen LogP contribution >= 0.6 is 11.6 Å². The maximum atomic E-state index is 12.8. The Bertz CT molecular complexity index is 895. The van der Waals surface area contributed by atoms with E-state index in [0.717, 1.165) is 38.0 Å². The lowest BCUT2D eigenvalue weighted by atomic mass is 10.2. The van der Waals surface area contributed by atoms with Gasteiger partial charge in [-0.2, -0.15) is 4.98 Å². The van der Waals surface area contributed by atoms with E-state index in [-0.39, 0.29) is 23.8 Å². The van der Waals surface area contributed by atoms with Crippen molar-refractivity contribution in [3.8, 4) is 0 Å². The fraction of sp³-hybridized carbons (Fsp3) is 0.444. The number of nitrogens with one attached hydrogen (secondary N) is 1. The lowest BCUT2D eigenvalue weighted by Gasteiger charge is -2.23. The van der Waals surface area contributed by atoms with Gasteiger partial charge < -0.3 is 25.4 Å². The molecule has 4 rings (SSSR count). The summed E-state index contributed by atoms with van der Waals surface area (Å²) in [6.45, 7) is 2.54. The van der Waals surface area contributed by atoms with E-state index in [1.165, 1.54) is 0 Å². The molecule has 3 amide bonds. The number of urea groups is 1. The molecule has 10 heteroatoms. The molecule has 1 aromatic carbocycles. The molecule has 1 unspecified atom stereocenters. The number of aromatic nitrogens is 2. The van der Waals surface area contributed by atoms with Gasteiger partial charge in [0.1, 0.15) is 6.04 Å². The highest BCUT2D eigenvalue weighted by Gasteiger charge is 2.34. The maximum Gasteiger partial charge on any atom is 0.322 e. The molecule has 0 radical (unpaired) electrons. The van der Waals surface area contributed by atoms with Crippen molar-refractivity contribution in [3.05, 3.63) is 34.9 Å². The number of hydrogen-bond donors (Lipinski definition) is 2. The third-order valence-corrected chi connectivity index (χ3v) is 5.41. The number of hydrogen-bond acceptors (Lipinski definition) is 6. The van der Waals surface area contributed by atoms with Crippen molar-refractivity contribution >= 4 is 34.9 Å². The number of carbonyl (C=O) groups excluding carboxylic acids is 2. The first kappa shape index (κ1) is 18.5. The highest BCUT2D eigenvalue weighted by atomic mass is 35.5. The van der Waals surface area contributed by atoms with Gasteiger partial charge in [0, 0.05) is 25.3 Å². The Morgan fingerprint density at radius 1 is 1.21 bits per heavy atom. The molecule has 2 aromatic rings. The Kier molecular flexibility index (Phi) is 5.08. The van der Waals surface area contributed by atoms with Crippen LogP contribution < -0.4 is 16.0 Å². The van der Waals surface area contributed by atoms with Gasteiger partial charge in [-0.1, -0.05) is 16.8 Å². The summed E-state index contributed by atoms with van der Waals surface area (Å²) >= 11 is 6.43. The number of carbonyl (C=O) groups is 2. The summed E-state index contributed by atoms with van der Waals surface area (Å²) in [5, 5.41) is 7.04. The highest BCUT2D eigenvalue weighted by molar-refractivity contribution is 6.33. The third-order valence-electron chi connectivity index (χ3n) is 5.11. The number of likely N-dealkylation sites (tertiary alicyclic amines) is 1. The summed E-state index contributed by atoms with van der Waals surface area (Å²) in [4.78, 5) is 31.8. The van der Waals surface area contributed by atoms with Gasteiger partial charge in [0.25, 0.3) is 11.7 Å². The zero-order valence-corrected chi connectivity index (χ0v) is 16.0. The summed E-state index contributed by atoms with van der Waals surface area (Å²) in [6, 6.07) is 4.87. The molecule has 0 spiro atoms. The van der Waals surface area contributed by atoms with Crippen LogP contribution in [-0.2, 0) is 0 Å². The maximum absolute atomic E-state index is 12.8. The Hall–Kier alpha value is -2.81. The quantitative estimate of drug-likeness (QED) is 0.808. The van der Waals surface area contributed by atoms with E-state index in [9.17, 15) is 9.59 Å². The average Bonchev–Trinajstić information content (AvgIpc) is 3.41. The summed E-state index contributed by atoms with van der Waals surface area (Å²) in [5.41, 5.74) is 6.77. The smallest absolute Gasteiger partial charge is 0.322 e. The van der Waals surface area contributed by atoms with E-state index in [0.29, 0.717) is 23.7 Å². The monoisotopic (exact) mass is 404 g/mol. The van der Waals surface area contributed by atoms with Crippen molar-refractivity contribution < 1.29 is 14.1 Å². The van der Waals surface area contributed by atoms with Gasteiger partial charge in [0.05, 0.1) is 10.7 Å². The van der Waals surface area contributed by atoms with Gasteiger partial charge >= 0.3 is 6.03 Å². The van der Waals surface area contributed by atoms with E-state index in [1.54, 1.807) is 11.0 Å². The van der Waals surface area contributed by atoms with Crippen molar-refractivity contribution in [3.63, 3.8) is 0 Å². The van der Waals surface area contributed by atoms with Gasteiger partial charge in [-0.3, -0.25) is 4.79 Å². The van der Waals surface area contributed by atoms with Crippen molar-refractivity contribution in [2.45, 2.75) is 31.7 Å². The predicted molar refractivity (Wildman–Crippen MR) is 103 cm³/mol. The standard InChI is InChI=1S/C18H21ClN6O3/c19-12-10-11(5-6-13(12)24-7-1-2-8-24)21-18(27)25-9-3-4-14(25)17-22-16(15(20)26)23-28-17/h5-6,10,14H,1-4,7-9H2,(H2,20,26)(H,21,27). The van der Waals surface area contributed by atoms with Gasteiger partial charge in [0.15, 0.2) is 0 Å². The SMILES string of the molecule is NC(=O)c1noc(C2CCCN2C(=O)Nc2ccc(N3CCCC3)c(Cl)c2)n1. The molecular weight excluding hydrogens is 384 g/mol. The second kappa shape index (κ2) is 7.67. The predicted octanol–water partition coefficient (Wildman–Crippen LogP) is 2.79. The lowest BCUT2D eigenvalue weighted by molar-refractivity contribution is 0.0987. The summed E-state index contributed by atoms with van der Waals surface area (Å²) in [7, 11) is 0. The normalized spacial score (nSPS) is 19.2. The van der Waals surface area contributed by atoms with Crippen LogP contribution in [0, 0.1) is 0 Å². The highest BCUT2D eigenvalue weighted by Crippen LogP contribution is 2.33. The summed E-state index contributed by atoms with van der Waals surface area (Å²) in [6.07, 6.45) is 3.79. The van der Waals surface area contributed by atoms with Gasteiger partial charge in [0.2, 0.25) is 5.89 Å². The molecule has 28 heavy (non-hydrogen) atoms. The van der Waals surface area contributed by atoms with Crippen molar-refractivity contribution in [1.82, 2.24) is 15.0 Å². The van der Waals surface area contributed by atoms with Crippen molar-refractivity contribution in [2.24, 2.45) is 5.73 Å². The van der Waals surface area contributed by atoms with Crippen LogP contribution in [0.1, 0.15) is 48.2 Å². The molecule has 2 fully saturated rings. The number of benzene rings is 1. The minimum Gasteiger partial charge on any atom is -0.370 e. The van der Waals surface area contributed by atoms with Crippen LogP contribution in [0.4, 0.5) is 16.2 Å². The molecule has 0 aliphatic carbocycles. The number of nitrogens with zero attached hydrogens (tertiary/aromatic N) is 4. The molecule has 2 aliphatic heterocycles. The average molecular weight is 405 g/mol. The van der Waals surface area contributed by atoms with Gasteiger partial charge in [-0.15, -0.1) is 0 Å². The summed E-state index contributed by atoms with van der Waals surface area (Å²) < 4.78 is 5.12. The molecule has 148 valence electrons. The van der Waals surface area contributed by atoms with Gasteiger partial charge in [-0.25, -0.2) is 4.79 Å². The van der Waals surface area contributed by atoms with E-state index >= 15 is 0 Å². The molecule has 3 heterocycles. The van der Waals surface area contributed by atoms with Crippen LogP contribution in [-0.4, -0.2) is 46.6 Å². The number of nitrogens with two attached hydrogens (primary N) is 1. The molecule has 1 atom stereocenters. The largest absolute Gasteiger partial charge is 0.370 e. The number of amides is 3. The molecular formula is C18H21ClN6O3. The molecule has 3 N–H and O–H groups in total. The fourth-order valence-electron chi connectivity index (χ4n) is 3.73. The Labute approximate surface area is 166 Å². The van der Waals surface area contributed by atoms with Crippen LogP contribution in [0.15, 0.2) is 22.7 Å².